The van der Waals surface area contributed by atoms with Gasteiger partial charge in [-0.25, -0.2) is 4.98 Å². The van der Waals surface area contributed by atoms with E-state index in [4.69, 9.17) is 4.74 Å². The molecule has 4 rings (SSSR count). The molecule has 0 bridgehead atoms. The van der Waals surface area contributed by atoms with Crippen molar-refractivity contribution in [1.29, 1.82) is 0 Å². The summed E-state index contributed by atoms with van der Waals surface area (Å²) in [6, 6.07) is 1.97. The molecule has 0 aliphatic carbocycles. The number of fused-ring (bicyclic) bond motifs is 1. The van der Waals surface area contributed by atoms with E-state index in [1.54, 1.807) is 13.3 Å². The molecule has 1 atom stereocenters. The van der Waals surface area contributed by atoms with Gasteiger partial charge in [-0.2, -0.15) is 5.10 Å². The Morgan fingerprint density at radius 1 is 1.50 bits per heavy atom. The van der Waals surface area contributed by atoms with Gasteiger partial charge < -0.3 is 9.72 Å². The standard InChI is InChI=1S/C16H19N5O2S/c1-9-11(6-17-20-9)13-5-12-15(24-13)16(22)19-14(18-12)8-21-4-3-10(7-21)23-2/h5-6,10H,3-4,7-8H2,1-2H3,(H,17,20)(H,18,19,22)/t10-/m0/s1. The zero-order valence-corrected chi connectivity index (χ0v) is 14.4. The fraction of sp³-hybridized carbons (Fsp3) is 0.438. The number of hydrogen-bond acceptors (Lipinski definition) is 6. The van der Waals surface area contributed by atoms with E-state index in [0.717, 1.165) is 41.2 Å². The van der Waals surface area contributed by atoms with Crippen LogP contribution in [0.1, 0.15) is 17.9 Å². The Kier molecular flexibility index (Phi) is 3.95. The zero-order valence-electron chi connectivity index (χ0n) is 13.6. The first kappa shape index (κ1) is 15.5. The van der Waals surface area contributed by atoms with Crippen LogP contribution >= 0.6 is 11.3 Å². The van der Waals surface area contributed by atoms with Gasteiger partial charge >= 0.3 is 0 Å². The molecule has 0 saturated carbocycles. The van der Waals surface area contributed by atoms with Crippen molar-refractivity contribution in [3.63, 3.8) is 0 Å². The molecule has 0 unspecified atom stereocenters. The smallest absolute Gasteiger partial charge is 0.268 e. The van der Waals surface area contributed by atoms with E-state index in [9.17, 15) is 4.79 Å². The molecule has 1 aliphatic heterocycles. The normalized spacial score (nSPS) is 18.7. The van der Waals surface area contributed by atoms with E-state index in [1.807, 2.05) is 13.0 Å². The molecule has 0 spiro atoms. The number of nitrogens with zero attached hydrogens (tertiary/aromatic N) is 3. The van der Waals surface area contributed by atoms with Crippen LogP contribution < -0.4 is 5.56 Å². The second-order valence-corrected chi connectivity index (χ2v) is 7.18. The molecule has 24 heavy (non-hydrogen) atoms. The van der Waals surface area contributed by atoms with Gasteiger partial charge in [0.05, 0.1) is 24.4 Å². The highest BCUT2D eigenvalue weighted by molar-refractivity contribution is 7.22. The van der Waals surface area contributed by atoms with Gasteiger partial charge in [0.1, 0.15) is 10.5 Å². The predicted molar refractivity (Wildman–Crippen MR) is 93.3 cm³/mol. The minimum absolute atomic E-state index is 0.0742. The van der Waals surface area contributed by atoms with E-state index >= 15 is 0 Å². The molecule has 3 aromatic rings. The van der Waals surface area contributed by atoms with Crippen molar-refractivity contribution in [2.45, 2.75) is 26.0 Å². The maximum absolute atomic E-state index is 12.4. The summed E-state index contributed by atoms with van der Waals surface area (Å²) in [4.78, 5) is 23.2. The number of aryl methyl sites for hydroxylation is 1. The van der Waals surface area contributed by atoms with Crippen LogP contribution in [0.25, 0.3) is 20.7 Å². The average molecular weight is 345 g/mol. The molecule has 2 N–H and O–H groups in total. The molecule has 126 valence electrons. The third-order valence-electron chi connectivity index (χ3n) is 4.46. The Bertz CT molecular complexity index is 928. The maximum atomic E-state index is 12.4. The summed E-state index contributed by atoms with van der Waals surface area (Å²) in [5.41, 5.74) is 2.68. The van der Waals surface area contributed by atoms with Gasteiger partial charge in [0.15, 0.2) is 0 Å². The molecule has 7 nitrogen and oxygen atoms in total. The molecule has 1 fully saturated rings. The van der Waals surface area contributed by atoms with Crippen LogP contribution in [-0.2, 0) is 11.3 Å². The van der Waals surface area contributed by atoms with Crippen molar-refractivity contribution < 1.29 is 4.74 Å². The van der Waals surface area contributed by atoms with Crippen molar-refractivity contribution in [1.82, 2.24) is 25.1 Å². The molecule has 3 aromatic heterocycles. The second kappa shape index (κ2) is 6.12. The summed E-state index contributed by atoms with van der Waals surface area (Å²) in [7, 11) is 1.74. The van der Waals surface area contributed by atoms with Crippen molar-refractivity contribution in [3.05, 3.63) is 34.1 Å². The van der Waals surface area contributed by atoms with Crippen LogP contribution in [0.3, 0.4) is 0 Å². The number of rotatable bonds is 4. The van der Waals surface area contributed by atoms with Gasteiger partial charge in [-0.15, -0.1) is 11.3 Å². The molecule has 1 saturated heterocycles. The number of aromatic amines is 2. The predicted octanol–water partition coefficient (Wildman–Crippen LogP) is 1.90. The summed E-state index contributed by atoms with van der Waals surface area (Å²) in [6.07, 6.45) is 3.08. The van der Waals surface area contributed by atoms with E-state index in [0.29, 0.717) is 17.1 Å². The summed E-state index contributed by atoms with van der Waals surface area (Å²) < 4.78 is 6.05. The lowest BCUT2D eigenvalue weighted by Crippen LogP contribution is -2.25. The molecule has 0 aromatic carbocycles. The lowest BCUT2D eigenvalue weighted by atomic mass is 10.2. The van der Waals surface area contributed by atoms with Gasteiger partial charge in [0.2, 0.25) is 0 Å². The molecule has 0 radical (unpaired) electrons. The van der Waals surface area contributed by atoms with Crippen LogP contribution in [0.5, 0.6) is 0 Å². The monoisotopic (exact) mass is 345 g/mol. The fourth-order valence-corrected chi connectivity index (χ4v) is 4.20. The lowest BCUT2D eigenvalue weighted by Gasteiger charge is -2.14. The Morgan fingerprint density at radius 2 is 2.38 bits per heavy atom. The maximum Gasteiger partial charge on any atom is 0.268 e. The number of ether oxygens (including phenoxy) is 1. The minimum Gasteiger partial charge on any atom is -0.380 e. The van der Waals surface area contributed by atoms with Crippen molar-refractivity contribution >= 4 is 21.6 Å². The third-order valence-corrected chi connectivity index (χ3v) is 5.62. The summed E-state index contributed by atoms with van der Waals surface area (Å²) in [5, 5.41) is 6.98. The molecule has 8 heteroatoms. The van der Waals surface area contributed by atoms with Gasteiger partial charge in [0.25, 0.3) is 5.56 Å². The number of nitrogens with one attached hydrogen (secondary N) is 2. The van der Waals surface area contributed by atoms with Crippen LogP contribution in [0.4, 0.5) is 0 Å². The van der Waals surface area contributed by atoms with Crippen LogP contribution in [-0.4, -0.2) is 51.4 Å². The molecule has 0 amide bonds. The Morgan fingerprint density at radius 3 is 3.08 bits per heavy atom. The number of thiophene rings is 1. The number of methoxy groups -OCH3 is 1. The number of aromatic nitrogens is 4. The van der Waals surface area contributed by atoms with E-state index in [2.05, 4.69) is 25.1 Å². The quantitative estimate of drug-likeness (QED) is 0.754. The zero-order chi connectivity index (χ0) is 16.7. The van der Waals surface area contributed by atoms with Crippen LogP contribution in [0.15, 0.2) is 17.1 Å². The highest BCUT2D eigenvalue weighted by Gasteiger charge is 2.23. The summed E-state index contributed by atoms with van der Waals surface area (Å²) >= 11 is 1.45. The SMILES string of the molecule is CO[C@H]1CCN(Cc2nc3cc(-c4cn[nH]c4C)sc3c(=O)[nH]2)C1. The molecular formula is C16H19N5O2S. The van der Waals surface area contributed by atoms with E-state index < -0.39 is 0 Å². The third kappa shape index (κ3) is 2.77. The number of H-pyrrole nitrogens is 2. The second-order valence-electron chi connectivity index (χ2n) is 6.13. The number of hydrogen-bond donors (Lipinski definition) is 2. The molecule has 1 aliphatic rings. The van der Waals surface area contributed by atoms with Crippen LogP contribution in [0, 0.1) is 6.92 Å². The van der Waals surface area contributed by atoms with Crippen molar-refractivity contribution in [2.24, 2.45) is 0 Å². The topological polar surface area (TPSA) is 86.9 Å². The first-order chi connectivity index (χ1) is 11.6. The molecular weight excluding hydrogens is 326 g/mol. The van der Waals surface area contributed by atoms with E-state index in [1.165, 1.54) is 11.3 Å². The first-order valence-electron chi connectivity index (χ1n) is 7.92. The van der Waals surface area contributed by atoms with Gasteiger partial charge in [-0.05, 0) is 19.4 Å². The van der Waals surface area contributed by atoms with Gasteiger partial charge in [-0.3, -0.25) is 14.8 Å². The van der Waals surface area contributed by atoms with Crippen LogP contribution in [0.2, 0.25) is 0 Å². The highest BCUT2D eigenvalue weighted by atomic mass is 32.1. The largest absolute Gasteiger partial charge is 0.380 e. The first-order valence-corrected chi connectivity index (χ1v) is 8.74. The van der Waals surface area contributed by atoms with Crippen molar-refractivity contribution in [3.8, 4) is 10.4 Å². The van der Waals surface area contributed by atoms with Crippen molar-refractivity contribution in [2.75, 3.05) is 20.2 Å². The van der Waals surface area contributed by atoms with Gasteiger partial charge in [-0.1, -0.05) is 0 Å². The van der Waals surface area contributed by atoms with E-state index in [-0.39, 0.29) is 11.7 Å². The minimum atomic E-state index is -0.0742. The van der Waals surface area contributed by atoms with Gasteiger partial charge in [0, 0.05) is 36.3 Å². The average Bonchev–Trinajstić information content (AvgIpc) is 3.26. The summed E-state index contributed by atoms with van der Waals surface area (Å²) in [5.74, 6) is 0.706. The Labute approximate surface area is 142 Å². The molecule has 4 heterocycles. The fourth-order valence-electron chi connectivity index (χ4n) is 3.14. The lowest BCUT2D eigenvalue weighted by molar-refractivity contribution is 0.107. The Hall–Kier alpha value is -2.03. The number of likely N-dealkylation sites (tertiary alicyclic amines) is 1. The Balaban J connectivity index is 1.65. The highest BCUT2D eigenvalue weighted by Crippen LogP contribution is 2.32. The summed E-state index contributed by atoms with van der Waals surface area (Å²) in [6.45, 7) is 4.45.